The monoisotopic (exact) mass is 711 g/mol. The Kier molecular flexibility index (Phi) is 28.1. The van der Waals surface area contributed by atoms with Crippen LogP contribution >= 0.6 is 0 Å². The van der Waals surface area contributed by atoms with Crippen molar-refractivity contribution in [1.29, 1.82) is 0 Å². The van der Waals surface area contributed by atoms with Crippen molar-refractivity contribution in [3.05, 3.63) is 0 Å². The summed E-state index contributed by atoms with van der Waals surface area (Å²) in [6.45, 7) is 8.29. The van der Waals surface area contributed by atoms with Crippen LogP contribution in [0.3, 0.4) is 0 Å². The highest BCUT2D eigenvalue weighted by Crippen LogP contribution is 2.39. The molecule has 6 heteroatoms. The van der Waals surface area contributed by atoms with Crippen LogP contribution in [-0.2, 0) is 19.1 Å². The normalized spacial score (nSPS) is 13.9. The number of carbonyl (C=O) groups is 3. The van der Waals surface area contributed by atoms with E-state index >= 15 is 0 Å². The highest BCUT2D eigenvalue weighted by molar-refractivity contribution is 6.11. The summed E-state index contributed by atoms with van der Waals surface area (Å²) in [5.41, 5.74) is -4.22. The number of Topliss-reactive ketones (excluding diaryl/α,β-unsaturated/α-hetero) is 2. The Balaban J connectivity index is 5.07. The molecule has 0 aromatic rings. The minimum absolute atomic E-state index is 0.0327. The Morgan fingerprint density at radius 3 is 1.28 bits per heavy atom. The first kappa shape index (κ1) is 44.9. The van der Waals surface area contributed by atoms with Crippen LogP contribution in [0.4, 0.5) is 0 Å². The molecule has 0 amide bonds. The zero-order valence-electron chi connectivity index (χ0n) is 35.5. The van der Waals surface area contributed by atoms with E-state index in [-0.39, 0.29) is 25.4 Å². The first-order valence-corrected chi connectivity index (χ1v) is 21.3. The van der Waals surface area contributed by atoms with Crippen molar-refractivity contribution >= 4 is 17.5 Å². The zero-order valence-corrected chi connectivity index (χ0v) is 33.5. The lowest BCUT2D eigenvalue weighted by Gasteiger charge is -2.42. The molecule has 0 rings (SSSR count). The maximum Gasteiger partial charge on any atom is 0.335 e. The number of aliphatic hydroxyl groups excluding tert-OH is 1. The molecule has 0 fully saturated rings. The second-order valence-corrected chi connectivity index (χ2v) is 15.7. The molecule has 6 nitrogen and oxygen atoms in total. The fraction of sp³-hybridized carbons (Fsp3) is 0.932. The molecule has 0 aliphatic rings. The summed E-state index contributed by atoms with van der Waals surface area (Å²) in [6.07, 6.45) is 28.0. The predicted octanol–water partition coefficient (Wildman–Crippen LogP) is 12.2. The second-order valence-electron chi connectivity index (χ2n) is 15.7. The highest BCUT2D eigenvalue weighted by atomic mass is 16.5. The van der Waals surface area contributed by atoms with Crippen LogP contribution in [0, 0.1) is 11.3 Å². The van der Waals surface area contributed by atoms with Gasteiger partial charge in [0.2, 0.25) is 0 Å². The van der Waals surface area contributed by atoms with E-state index in [0.29, 0.717) is 26.6 Å². The van der Waals surface area contributed by atoms with Crippen LogP contribution in [0.5, 0.6) is 0 Å². The lowest BCUT2D eigenvalue weighted by Crippen LogP contribution is -2.63. The molecule has 0 heterocycles. The molecule has 0 aliphatic carbocycles. The van der Waals surface area contributed by atoms with E-state index in [1.165, 1.54) is 78.1 Å². The molecular weight excluding hydrogens is 624 g/mol. The van der Waals surface area contributed by atoms with Crippen molar-refractivity contribution in [2.24, 2.45) is 11.3 Å². The molecule has 0 spiro atoms. The molecule has 0 saturated carbocycles. The van der Waals surface area contributed by atoms with Gasteiger partial charge in [-0.3, -0.25) is 9.59 Å². The molecule has 296 valence electrons. The summed E-state index contributed by atoms with van der Waals surface area (Å²) in [7, 11) is 0. The number of carbonyl (C=O) groups excluding carboxylic acids is 3. The number of esters is 1. The van der Waals surface area contributed by atoms with Gasteiger partial charge in [-0.2, -0.15) is 0 Å². The predicted molar refractivity (Wildman–Crippen MR) is 210 cm³/mol. The smallest absolute Gasteiger partial charge is 0.335 e. The summed E-state index contributed by atoms with van der Waals surface area (Å²) in [4.78, 5) is 40.7. The fourth-order valence-corrected chi connectivity index (χ4v) is 7.01. The third-order valence-electron chi connectivity index (χ3n) is 11.0. The third kappa shape index (κ3) is 20.7. The van der Waals surface area contributed by atoms with Crippen LogP contribution in [0.1, 0.15) is 237 Å². The van der Waals surface area contributed by atoms with E-state index in [9.17, 15) is 24.6 Å². The first-order chi connectivity index (χ1) is 25.0. The largest absolute Gasteiger partial charge is 0.463 e. The minimum Gasteiger partial charge on any atom is -0.463 e. The van der Waals surface area contributed by atoms with Gasteiger partial charge in [0.05, 0.1) is 6.61 Å². The third-order valence-corrected chi connectivity index (χ3v) is 11.0. The van der Waals surface area contributed by atoms with E-state index in [1.807, 2.05) is 6.92 Å². The molecule has 1 unspecified atom stereocenters. The number of aliphatic hydroxyl groups is 2. The molecule has 2 N–H and O–H groups in total. The van der Waals surface area contributed by atoms with Crippen molar-refractivity contribution in [2.45, 2.75) is 246 Å². The van der Waals surface area contributed by atoms with Gasteiger partial charge in [0.25, 0.3) is 0 Å². The van der Waals surface area contributed by atoms with Crippen LogP contribution in [0.25, 0.3) is 0 Å². The van der Waals surface area contributed by atoms with Crippen LogP contribution in [-0.4, -0.2) is 46.1 Å². The Morgan fingerprint density at radius 2 is 0.940 bits per heavy atom. The standard InChI is InChI=1S/C44H84O6/c1-7-11-14-16-18-20-22-24-26-28-30-32-35-39(45)44(49,40(46)36-33-31-29-27-25-23-21-19-17-15-12-8-2)43(5,6)41(47)42(48)50-37-38(10-4)34-13-9-3/h38,41,47,49H,7-37H2,1-6H3/t38?,41-/m0/s1/i1D,2D. The summed E-state index contributed by atoms with van der Waals surface area (Å²) in [6, 6.07) is 0. The van der Waals surface area contributed by atoms with Gasteiger partial charge in [-0.05, 0) is 25.2 Å². The maximum absolute atomic E-state index is 13.8. The maximum atomic E-state index is 13.8. The summed E-state index contributed by atoms with van der Waals surface area (Å²) < 4.78 is 20.0. The average molecular weight is 711 g/mol. The van der Waals surface area contributed by atoms with Crippen LogP contribution in [0.15, 0.2) is 0 Å². The summed E-state index contributed by atoms with van der Waals surface area (Å²) >= 11 is 0. The Hall–Kier alpha value is -1.27. The summed E-state index contributed by atoms with van der Waals surface area (Å²) in [5, 5.41) is 23.3. The quantitative estimate of drug-likeness (QED) is 0.0378. The minimum atomic E-state index is -2.47. The molecular formula is C44H84O6. The van der Waals surface area contributed by atoms with Crippen molar-refractivity contribution in [3.8, 4) is 0 Å². The van der Waals surface area contributed by atoms with Gasteiger partial charge < -0.3 is 14.9 Å². The molecule has 0 bridgehead atoms. The molecule has 0 aliphatic heterocycles. The average Bonchev–Trinajstić information content (AvgIpc) is 3.14. The van der Waals surface area contributed by atoms with Gasteiger partial charge in [0, 0.05) is 21.0 Å². The van der Waals surface area contributed by atoms with Gasteiger partial charge in [-0.25, -0.2) is 4.79 Å². The fourth-order valence-electron chi connectivity index (χ4n) is 7.01. The van der Waals surface area contributed by atoms with Gasteiger partial charge in [-0.15, -0.1) is 0 Å². The SMILES string of the molecule is [2H]CCCCCCCCCCCCCCC(=O)C(O)(C(=O)CCCCCCCCCCCCCC[2H])C(C)(C)[C@@H](O)C(=O)OCC(CC)CCCC. The van der Waals surface area contributed by atoms with Crippen LogP contribution in [0.2, 0.25) is 0 Å². The topological polar surface area (TPSA) is 101 Å². The lowest BCUT2D eigenvalue weighted by atomic mass is 9.65. The molecule has 0 aromatic heterocycles. The Morgan fingerprint density at radius 1 is 0.580 bits per heavy atom. The van der Waals surface area contributed by atoms with Gasteiger partial charge in [-0.1, -0.05) is 202 Å². The van der Waals surface area contributed by atoms with Crippen LogP contribution < -0.4 is 0 Å². The van der Waals surface area contributed by atoms with Crippen molar-refractivity contribution in [1.82, 2.24) is 0 Å². The van der Waals surface area contributed by atoms with Crippen molar-refractivity contribution in [3.63, 3.8) is 0 Å². The zero-order chi connectivity index (χ0) is 38.9. The molecule has 0 saturated heterocycles. The Labute approximate surface area is 312 Å². The number of unbranched alkanes of at least 4 members (excludes halogenated alkanes) is 23. The molecule has 0 aromatic carbocycles. The first-order valence-electron chi connectivity index (χ1n) is 22.7. The molecule has 0 radical (unpaired) electrons. The van der Waals surface area contributed by atoms with Crippen molar-refractivity contribution in [2.75, 3.05) is 6.61 Å². The summed E-state index contributed by atoms with van der Waals surface area (Å²) in [5.74, 6) is -1.92. The van der Waals surface area contributed by atoms with Gasteiger partial charge >= 0.3 is 5.97 Å². The van der Waals surface area contributed by atoms with Crippen molar-refractivity contribution < 1.29 is 32.1 Å². The van der Waals surface area contributed by atoms with E-state index in [0.717, 1.165) is 103 Å². The number of hydrogen-bond donors (Lipinski definition) is 2. The lowest BCUT2D eigenvalue weighted by molar-refractivity contribution is -0.186. The Bertz CT molecular complexity index is 837. The molecule has 50 heavy (non-hydrogen) atoms. The van der Waals surface area contributed by atoms with E-state index in [1.54, 1.807) is 0 Å². The second kappa shape index (κ2) is 31.3. The van der Waals surface area contributed by atoms with E-state index in [4.69, 9.17) is 7.48 Å². The number of hydrogen-bond acceptors (Lipinski definition) is 6. The molecule has 2 atom stereocenters. The van der Waals surface area contributed by atoms with Gasteiger partial charge in [0.1, 0.15) is 0 Å². The highest BCUT2D eigenvalue weighted by Gasteiger charge is 2.59. The number of rotatable bonds is 37. The van der Waals surface area contributed by atoms with Gasteiger partial charge in [0.15, 0.2) is 23.3 Å². The number of ketones is 2. The number of ether oxygens (including phenoxy) is 1. The van der Waals surface area contributed by atoms with E-state index < -0.39 is 34.7 Å². The van der Waals surface area contributed by atoms with E-state index in [2.05, 4.69) is 6.92 Å².